The Morgan fingerprint density at radius 3 is 2.29 bits per heavy atom. The molecule has 7 heterocycles. The molecule has 3 saturated heterocycles. The van der Waals surface area contributed by atoms with E-state index in [2.05, 4.69) is 77.8 Å². The Morgan fingerprint density at radius 1 is 0.764 bits per heavy atom. The zero-order chi connectivity index (χ0) is 37.6. The van der Waals surface area contributed by atoms with Gasteiger partial charge >= 0.3 is 5.69 Å². The van der Waals surface area contributed by atoms with Crippen molar-refractivity contribution in [3.63, 3.8) is 0 Å². The maximum Gasteiger partial charge on any atom is 0.329 e. The Labute approximate surface area is 319 Å². The number of imide groups is 1. The quantitative estimate of drug-likeness (QED) is 0.202. The van der Waals surface area contributed by atoms with Crippen molar-refractivity contribution >= 4 is 40.1 Å². The van der Waals surface area contributed by atoms with Gasteiger partial charge < -0.3 is 20.1 Å². The predicted octanol–water partition coefficient (Wildman–Crippen LogP) is 4.09. The molecule has 0 spiro atoms. The Kier molecular flexibility index (Phi) is 9.25. The number of carbonyl (C=O) groups excluding carboxylic acids is 3. The van der Waals surface area contributed by atoms with Gasteiger partial charge in [0.1, 0.15) is 6.04 Å². The van der Waals surface area contributed by atoms with Gasteiger partial charge in [0.05, 0.1) is 22.3 Å². The third kappa shape index (κ3) is 6.81. The van der Waals surface area contributed by atoms with Crippen LogP contribution in [0.2, 0.25) is 0 Å². The number of hydrogen-bond acceptors (Lipinski definition) is 8. The van der Waals surface area contributed by atoms with Crippen molar-refractivity contribution in [2.45, 2.75) is 44.6 Å². The topological polar surface area (TPSA) is 141 Å². The summed E-state index contributed by atoms with van der Waals surface area (Å²) in [6.45, 7) is 7.75. The second-order valence-corrected chi connectivity index (χ2v) is 15.5. The van der Waals surface area contributed by atoms with Crippen LogP contribution in [-0.4, -0.2) is 94.1 Å². The number of amides is 3. The molecule has 0 bridgehead atoms. The number of H-pyrrole nitrogens is 1. The number of carbonyl (C=O) groups is 3. The van der Waals surface area contributed by atoms with Crippen LogP contribution < -0.4 is 26.1 Å². The minimum atomic E-state index is -0.676. The standard InChI is InChI=1S/C42H47N9O4/c1-47-38-25-31(6-7-36(38)51(42(47)55)37-8-9-39(52)46-41(37)54)50-22-20-48(21-23-50)17-12-27-13-18-49(19-14-27)30-4-2-28(3-5-30)34-24-29(10-15-43-34)35-26-32-33(45-35)11-16-44-40(32)53/h2-7,10,15,24-27,37,45H,8-9,11-14,16-23H2,1H3,(H,44,53)(H,46,52,54). The smallest absolute Gasteiger partial charge is 0.329 e. The molecule has 3 fully saturated rings. The van der Waals surface area contributed by atoms with E-state index in [-0.39, 0.29) is 23.9 Å². The molecule has 2 aromatic carbocycles. The fraction of sp³-hybridized carbons (Fsp3) is 0.405. The van der Waals surface area contributed by atoms with Gasteiger partial charge in [0, 0.05) is 106 Å². The van der Waals surface area contributed by atoms with Gasteiger partial charge in [-0.15, -0.1) is 0 Å². The molecule has 4 aliphatic rings. The average molecular weight is 742 g/mol. The van der Waals surface area contributed by atoms with Gasteiger partial charge in [-0.05, 0) is 86.7 Å². The van der Waals surface area contributed by atoms with Crippen LogP contribution in [0, 0.1) is 5.92 Å². The molecule has 9 rings (SSSR count). The third-order valence-electron chi connectivity index (χ3n) is 12.2. The van der Waals surface area contributed by atoms with Crippen LogP contribution >= 0.6 is 0 Å². The monoisotopic (exact) mass is 741 g/mol. The molecule has 284 valence electrons. The van der Waals surface area contributed by atoms with Crippen LogP contribution in [-0.2, 0) is 23.1 Å². The highest BCUT2D eigenvalue weighted by Gasteiger charge is 2.32. The summed E-state index contributed by atoms with van der Waals surface area (Å²) in [4.78, 5) is 65.3. The Hall–Kier alpha value is -5.69. The second-order valence-electron chi connectivity index (χ2n) is 15.5. The molecular formula is C42H47N9O4. The SMILES string of the molecule is Cn1c(=O)n(C2CCC(=O)NC2=O)c2ccc(N3CCN(CCC4CCN(c5ccc(-c6cc(-c7cc8c([nH]7)CCNC8=O)ccn6)cc5)CC4)CC3)cc21. The van der Waals surface area contributed by atoms with Gasteiger partial charge in [0.15, 0.2) is 0 Å². The van der Waals surface area contributed by atoms with E-state index in [1.54, 1.807) is 16.2 Å². The number of pyridine rings is 1. The minimum Gasteiger partial charge on any atom is -0.372 e. The first-order valence-electron chi connectivity index (χ1n) is 19.6. The summed E-state index contributed by atoms with van der Waals surface area (Å²) in [5.74, 6) is 0.00829. The molecule has 0 saturated carbocycles. The van der Waals surface area contributed by atoms with Crippen molar-refractivity contribution in [3.05, 3.63) is 88.6 Å². The van der Waals surface area contributed by atoms with E-state index in [4.69, 9.17) is 0 Å². The van der Waals surface area contributed by atoms with Crippen molar-refractivity contribution < 1.29 is 14.4 Å². The highest BCUT2D eigenvalue weighted by atomic mass is 16.2. The molecule has 3 amide bonds. The van der Waals surface area contributed by atoms with Crippen LogP contribution in [0.1, 0.15) is 54.2 Å². The van der Waals surface area contributed by atoms with Crippen LogP contribution in [0.25, 0.3) is 33.5 Å². The lowest BCUT2D eigenvalue weighted by Crippen LogP contribution is -2.47. The van der Waals surface area contributed by atoms with Crippen LogP contribution in [0.4, 0.5) is 11.4 Å². The summed E-state index contributed by atoms with van der Waals surface area (Å²) in [5.41, 5.74) is 9.29. The van der Waals surface area contributed by atoms with Gasteiger partial charge in [-0.1, -0.05) is 12.1 Å². The number of aromatic nitrogens is 4. The Balaban J connectivity index is 0.753. The first-order valence-corrected chi connectivity index (χ1v) is 19.6. The zero-order valence-corrected chi connectivity index (χ0v) is 31.2. The predicted molar refractivity (Wildman–Crippen MR) is 212 cm³/mol. The van der Waals surface area contributed by atoms with Crippen molar-refractivity contribution in [2.75, 3.05) is 62.2 Å². The average Bonchev–Trinajstić information content (AvgIpc) is 3.77. The molecule has 4 aliphatic heterocycles. The van der Waals surface area contributed by atoms with E-state index < -0.39 is 11.9 Å². The number of aryl methyl sites for hydroxylation is 1. The van der Waals surface area contributed by atoms with E-state index >= 15 is 0 Å². The zero-order valence-electron chi connectivity index (χ0n) is 31.2. The second kappa shape index (κ2) is 14.5. The van der Waals surface area contributed by atoms with Gasteiger partial charge in [0.2, 0.25) is 11.8 Å². The van der Waals surface area contributed by atoms with Crippen molar-refractivity contribution in [1.29, 1.82) is 0 Å². The van der Waals surface area contributed by atoms with Crippen LogP contribution in [0.3, 0.4) is 0 Å². The number of nitrogens with one attached hydrogen (secondary N) is 3. The molecule has 3 N–H and O–H groups in total. The number of aromatic amines is 1. The maximum atomic E-state index is 13.2. The first-order chi connectivity index (χ1) is 26.8. The van der Waals surface area contributed by atoms with E-state index in [0.29, 0.717) is 13.0 Å². The fourth-order valence-electron chi connectivity index (χ4n) is 8.90. The number of hydrogen-bond donors (Lipinski definition) is 3. The molecule has 3 aromatic heterocycles. The fourth-order valence-corrected chi connectivity index (χ4v) is 8.90. The molecule has 0 radical (unpaired) electrons. The van der Waals surface area contributed by atoms with Crippen LogP contribution in [0.15, 0.2) is 71.7 Å². The highest BCUT2D eigenvalue weighted by Crippen LogP contribution is 2.31. The summed E-state index contributed by atoms with van der Waals surface area (Å²) >= 11 is 0. The van der Waals surface area contributed by atoms with Gasteiger partial charge in [0.25, 0.3) is 5.91 Å². The summed E-state index contributed by atoms with van der Waals surface area (Å²) in [6.07, 6.45) is 6.81. The van der Waals surface area contributed by atoms with Crippen molar-refractivity contribution in [1.82, 2.24) is 34.6 Å². The number of imidazole rings is 1. The molecule has 5 aromatic rings. The number of nitrogens with zero attached hydrogens (tertiary/aromatic N) is 6. The number of piperidine rings is 2. The lowest BCUT2D eigenvalue weighted by Gasteiger charge is -2.38. The highest BCUT2D eigenvalue weighted by molar-refractivity contribution is 6.00. The molecule has 0 aliphatic carbocycles. The molecule has 1 atom stereocenters. The summed E-state index contributed by atoms with van der Waals surface area (Å²) in [5, 5.41) is 5.30. The lowest BCUT2D eigenvalue weighted by molar-refractivity contribution is -0.135. The molecular weight excluding hydrogens is 695 g/mol. The number of rotatable bonds is 8. The number of fused-ring (bicyclic) bond motifs is 2. The third-order valence-corrected chi connectivity index (χ3v) is 12.2. The van der Waals surface area contributed by atoms with E-state index in [1.165, 1.54) is 24.9 Å². The molecule has 13 nitrogen and oxygen atoms in total. The largest absolute Gasteiger partial charge is 0.372 e. The Bertz CT molecular complexity index is 2320. The lowest BCUT2D eigenvalue weighted by atomic mass is 9.93. The summed E-state index contributed by atoms with van der Waals surface area (Å²) in [6, 6.07) is 20.1. The number of piperazine rings is 1. The maximum absolute atomic E-state index is 13.2. The van der Waals surface area contributed by atoms with Crippen molar-refractivity contribution in [2.24, 2.45) is 13.0 Å². The van der Waals surface area contributed by atoms with Gasteiger partial charge in [-0.2, -0.15) is 0 Å². The van der Waals surface area contributed by atoms with Gasteiger partial charge in [-0.25, -0.2) is 4.79 Å². The minimum absolute atomic E-state index is 0.0149. The molecule has 55 heavy (non-hydrogen) atoms. The Morgan fingerprint density at radius 2 is 1.53 bits per heavy atom. The van der Waals surface area contributed by atoms with E-state index in [9.17, 15) is 19.2 Å². The first kappa shape index (κ1) is 35.0. The van der Waals surface area contributed by atoms with Crippen molar-refractivity contribution in [3.8, 4) is 22.5 Å². The van der Waals surface area contributed by atoms with E-state index in [0.717, 1.165) is 109 Å². The normalized spacial score (nSPS) is 19.8. The van der Waals surface area contributed by atoms with Gasteiger partial charge in [-0.3, -0.25) is 38.7 Å². The molecule has 1 unspecified atom stereocenters. The number of anilines is 2. The summed E-state index contributed by atoms with van der Waals surface area (Å²) in [7, 11) is 1.74. The van der Waals surface area contributed by atoms with E-state index in [1.807, 2.05) is 24.4 Å². The molecule has 13 heteroatoms. The summed E-state index contributed by atoms with van der Waals surface area (Å²) < 4.78 is 3.15. The van der Waals surface area contributed by atoms with Crippen LogP contribution in [0.5, 0.6) is 0 Å². The number of benzene rings is 2.